The van der Waals surface area contributed by atoms with Crippen LogP contribution >= 0.6 is 0 Å². The van der Waals surface area contributed by atoms with Crippen molar-refractivity contribution in [3.63, 3.8) is 0 Å². The summed E-state index contributed by atoms with van der Waals surface area (Å²) in [6, 6.07) is 5.13. The number of primary amides is 1. The fourth-order valence-corrected chi connectivity index (χ4v) is 1.51. The van der Waals surface area contributed by atoms with E-state index < -0.39 is 5.91 Å². The first-order chi connectivity index (χ1) is 7.06. The van der Waals surface area contributed by atoms with Crippen molar-refractivity contribution in [3.05, 3.63) is 23.8 Å². The van der Waals surface area contributed by atoms with Gasteiger partial charge in [-0.05, 0) is 24.6 Å². The molecule has 0 saturated heterocycles. The van der Waals surface area contributed by atoms with E-state index in [-0.39, 0.29) is 0 Å². The maximum absolute atomic E-state index is 10.9. The Labute approximate surface area is 89.9 Å². The van der Waals surface area contributed by atoms with Crippen LogP contribution in [0.25, 0.3) is 0 Å². The van der Waals surface area contributed by atoms with Crippen LogP contribution in [0.2, 0.25) is 0 Å². The van der Waals surface area contributed by atoms with E-state index >= 15 is 0 Å². The van der Waals surface area contributed by atoms with Crippen LogP contribution in [0.15, 0.2) is 18.2 Å². The molecule has 1 aromatic carbocycles. The van der Waals surface area contributed by atoms with Crippen LogP contribution in [-0.4, -0.2) is 19.5 Å². The second kappa shape index (κ2) is 4.68. The summed E-state index contributed by atoms with van der Waals surface area (Å²) in [4.78, 5) is 13.0. The van der Waals surface area contributed by atoms with E-state index in [2.05, 4.69) is 11.8 Å². The Morgan fingerprint density at radius 1 is 1.47 bits per heavy atom. The number of rotatable bonds is 4. The molecular formula is C11H17N3O. The van der Waals surface area contributed by atoms with Gasteiger partial charge in [0.25, 0.3) is 0 Å². The Hall–Kier alpha value is -1.71. The summed E-state index contributed by atoms with van der Waals surface area (Å²) in [5.74, 6) is -0.452. The fraction of sp³-hybridized carbons (Fsp3) is 0.364. The molecule has 1 amide bonds. The van der Waals surface area contributed by atoms with E-state index in [0.717, 1.165) is 18.7 Å². The van der Waals surface area contributed by atoms with Crippen LogP contribution in [0.1, 0.15) is 23.7 Å². The number of nitrogens with zero attached hydrogens (tertiary/aromatic N) is 1. The van der Waals surface area contributed by atoms with Gasteiger partial charge in [0.1, 0.15) is 0 Å². The highest BCUT2D eigenvalue weighted by Gasteiger charge is 2.07. The molecule has 82 valence electrons. The molecule has 4 nitrogen and oxygen atoms in total. The van der Waals surface area contributed by atoms with Crippen LogP contribution < -0.4 is 16.4 Å². The van der Waals surface area contributed by atoms with Gasteiger partial charge < -0.3 is 16.4 Å². The number of hydrogen-bond acceptors (Lipinski definition) is 3. The average molecular weight is 207 g/mol. The standard InChI is InChI=1S/C11H17N3O/c1-3-6-14(2)10-5-4-8(11(13)15)7-9(10)12/h4-5,7H,3,6,12H2,1-2H3,(H2,13,15). The minimum atomic E-state index is -0.452. The Bertz CT molecular complexity index is 363. The summed E-state index contributed by atoms with van der Waals surface area (Å²) in [5, 5.41) is 0. The Balaban J connectivity index is 2.97. The Morgan fingerprint density at radius 3 is 2.60 bits per heavy atom. The number of carbonyl (C=O) groups excluding carboxylic acids is 1. The lowest BCUT2D eigenvalue weighted by Gasteiger charge is -2.20. The van der Waals surface area contributed by atoms with Gasteiger partial charge in [-0.1, -0.05) is 6.92 Å². The number of anilines is 2. The molecular weight excluding hydrogens is 190 g/mol. The van der Waals surface area contributed by atoms with E-state index in [4.69, 9.17) is 11.5 Å². The number of amides is 1. The minimum absolute atomic E-state index is 0.446. The van der Waals surface area contributed by atoms with Gasteiger partial charge in [0.2, 0.25) is 5.91 Å². The van der Waals surface area contributed by atoms with E-state index in [1.165, 1.54) is 0 Å². The summed E-state index contributed by atoms with van der Waals surface area (Å²) in [7, 11) is 1.97. The maximum atomic E-state index is 10.9. The normalized spacial score (nSPS) is 10.0. The molecule has 0 bridgehead atoms. The summed E-state index contributed by atoms with van der Waals surface area (Å²) in [6.07, 6.45) is 1.05. The molecule has 0 radical (unpaired) electrons. The Morgan fingerprint density at radius 2 is 2.13 bits per heavy atom. The zero-order valence-corrected chi connectivity index (χ0v) is 9.16. The van der Waals surface area contributed by atoms with Crippen molar-refractivity contribution < 1.29 is 4.79 Å². The highest BCUT2D eigenvalue weighted by atomic mass is 16.1. The third kappa shape index (κ3) is 2.62. The van der Waals surface area contributed by atoms with Crippen LogP contribution in [-0.2, 0) is 0 Å². The summed E-state index contributed by atoms with van der Waals surface area (Å²) < 4.78 is 0. The highest BCUT2D eigenvalue weighted by Crippen LogP contribution is 2.23. The molecule has 0 aromatic heterocycles. The minimum Gasteiger partial charge on any atom is -0.397 e. The number of nitrogen functional groups attached to an aromatic ring is 1. The quantitative estimate of drug-likeness (QED) is 0.729. The monoisotopic (exact) mass is 207 g/mol. The lowest BCUT2D eigenvalue weighted by Crippen LogP contribution is -2.20. The molecule has 0 heterocycles. The molecule has 1 rings (SSSR count). The van der Waals surface area contributed by atoms with Gasteiger partial charge in [0.05, 0.1) is 11.4 Å². The molecule has 0 aliphatic heterocycles. The topological polar surface area (TPSA) is 72.3 Å². The third-order valence-corrected chi connectivity index (χ3v) is 2.28. The number of nitrogens with two attached hydrogens (primary N) is 2. The number of hydrogen-bond donors (Lipinski definition) is 2. The molecule has 0 fully saturated rings. The van der Waals surface area contributed by atoms with Crippen molar-refractivity contribution in [2.75, 3.05) is 24.2 Å². The fourth-order valence-electron chi connectivity index (χ4n) is 1.51. The lowest BCUT2D eigenvalue weighted by atomic mass is 10.1. The van der Waals surface area contributed by atoms with Crippen molar-refractivity contribution in [1.82, 2.24) is 0 Å². The van der Waals surface area contributed by atoms with E-state index in [0.29, 0.717) is 11.3 Å². The smallest absolute Gasteiger partial charge is 0.248 e. The first kappa shape index (κ1) is 11.4. The van der Waals surface area contributed by atoms with Crippen molar-refractivity contribution in [3.8, 4) is 0 Å². The van der Waals surface area contributed by atoms with Crippen LogP contribution in [0.4, 0.5) is 11.4 Å². The first-order valence-electron chi connectivity index (χ1n) is 4.96. The largest absolute Gasteiger partial charge is 0.397 e. The predicted octanol–water partition coefficient (Wildman–Crippen LogP) is 1.21. The second-order valence-corrected chi connectivity index (χ2v) is 3.56. The summed E-state index contributed by atoms with van der Waals surface area (Å²) >= 11 is 0. The van der Waals surface area contributed by atoms with Crippen molar-refractivity contribution in [2.45, 2.75) is 13.3 Å². The van der Waals surface area contributed by atoms with Crippen LogP contribution in [0, 0.1) is 0 Å². The number of benzene rings is 1. The molecule has 0 spiro atoms. The maximum Gasteiger partial charge on any atom is 0.248 e. The Kier molecular flexibility index (Phi) is 3.55. The van der Waals surface area contributed by atoms with Crippen LogP contribution in [0.5, 0.6) is 0 Å². The van der Waals surface area contributed by atoms with Crippen molar-refractivity contribution in [2.24, 2.45) is 5.73 Å². The summed E-state index contributed by atoms with van der Waals surface area (Å²) in [5.41, 5.74) is 13.0. The van der Waals surface area contributed by atoms with Gasteiger partial charge >= 0.3 is 0 Å². The van der Waals surface area contributed by atoms with Gasteiger partial charge in [-0.2, -0.15) is 0 Å². The zero-order valence-electron chi connectivity index (χ0n) is 9.16. The average Bonchev–Trinajstić information content (AvgIpc) is 2.17. The molecule has 0 saturated carbocycles. The zero-order chi connectivity index (χ0) is 11.4. The van der Waals surface area contributed by atoms with E-state index in [1.807, 2.05) is 13.1 Å². The summed E-state index contributed by atoms with van der Waals surface area (Å²) in [6.45, 7) is 3.03. The molecule has 0 aliphatic carbocycles. The molecule has 0 atom stereocenters. The van der Waals surface area contributed by atoms with Gasteiger partial charge in [0.15, 0.2) is 0 Å². The highest BCUT2D eigenvalue weighted by molar-refractivity contribution is 5.94. The lowest BCUT2D eigenvalue weighted by molar-refractivity contribution is 0.100. The first-order valence-corrected chi connectivity index (χ1v) is 4.96. The molecule has 0 unspecified atom stereocenters. The van der Waals surface area contributed by atoms with Crippen molar-refractivity contribution in [1.29, 1.82) is 0 Å². The SMILES string of the molecule is CCCN(C)c1ccc(C(N)=O)cc1N. The van der Waals surface area contributed by atoms with E-state index in [1.54, 1.807) is 12.1 Å². The van der Waals surface area contributed by atoms with Gasteiger partial charge in [0, 0.05) is 19.2 Å². The molecule has 4 N–H and O–H groups in total. The predicted molar refractivity (Wildman–Crippen MR) is 62.9 cm³/mol. The van der Waals surface area contributed by atoms with Crippen molar-refractivity contribution >= 4 is 17.3 Å². The number of carbonyl (C=O) groups is 1. The second-order valence-electron chi connectivity index (χ2n) is 3.56. The molecule has 4 heteroatoms. The molecule has 1 aromatic rings. The van der Waals surface area contributed by atoms with Gasteiger partial charge in [-0.25, -0.2) is 0 Å². The van der Waals surface area contributed by atoms with Gasteiger partial charge in [-0.3, -0.25) is 4.79 Å². The van der Waals surface area contributed by atoms with Gasteiger partial charge in [-0.15, -0.1) is 0 Å². The molecule has 15 heavy (non-hydrogen) atoms. The third-order valence-electron chi connectivity index (χ3n) is 2.28. The van der Waals surface area contributed by atoms with Crippen LogP contribution in [0.3, 0.4) is 0 Å². The molecule has 0 aliphatic rings. The van der Waals surface area contributed by atoms with E-state index in [9.17, 15) is 4.79 Å².